The van der Waals surface area contributed by atoms with Crippen molar-refractivity contribution in [1.29, 1.82) is 0 Å². The Morgan fingerprint density at radius 1 is 1.36 bits per heavy atom. The van der Waals surface area contributed by atoms with E-state index in [0.717, 1.165) is 5.56 Å². The molecule has 0 aliphatic rings. The average Bonchev–Trinajstić information content (AvgIpc) is 2.17. The maximum absolute atomic E-state index is 12.5. The lowest BCUT2D eigenvalue weighted by molar-refractivity contribution is -0.115. The Kier molecular flexibility index (Phi) is 4.01. The van der Waals surface area contributed by atoms with Gasteiger partial charge in [0, 0.05) is 6.42 Å². The molecule has 2 nitrogen and oxygen atoms in total. The molecule has 14 heavy (non-hydrogen) atoms. The van der Waals surface area contributed by atoms with Gasteiger partial charge in [0.1, 0.15) is 5.82 Å². The molecule has 3 heteroatoms. The lowest BCUT2D eigenvalue weighted by atomic mass is 10.2. The minimum atomic E-state index is -0.302. The molecular weight excluding hydrogens is 183 g/mol. The van der Waals surface area contributed by atoms with Crippen molar-refractivity contribution >= 4 is 11.9 Å². The first kappa shape index (κ1) is 10.6. The number of aliphatic hydroxyl groups is 1. The summed E-state index contributed by atoms with van der Waals surface area (Å²) >= 11 is 0. The Balaban J connectivity index is 2.60. The van der Waals surface area contributed by atoms with E-state index in [0.29, 0.717) is 0 Å². The predicted octanol–water partition coefficient (Wildman–Crippen LogP) is 1.79. The predicted molar refractivity (Wildman–Crippen MR) is 52.1 cm³/mol. The summed E-state index contributed by atoms with van der Waals surface area (Å²) in [5.74, 6) is -0.444. The molecule has 0 unspecified atom stereocenters. The molecule has 1 aromatic rings. The molecule has 1 N–H and O–H groups in total. The van der Waals surface area contributed by atoms with E-state index in [1.807, 2.05) is 0 Å². The van der Waals surface area contributed by atoms with Gasteiger partial charge in [-0.15, -0.1) is 0 Å². The van der Waals surface area contributed by atoms with E-state index in [2.05, 4.69) is 0 Å². The van der Waals surface area contributed by atoms with Crippen molar-refractivity contribution < 1.29 is 14.3 Å². The highest BCUT2D eigenvalue weighted by Gasteiger charge is 1.94. The van der Waals surface area contributed by atoms with Gasteiger partial charge in [-0.3, -0.25) is 4.79 Å². The van der Waals surface area contributed by atoms with Crippen LogP contribution in [-0.4, -0.2) is 17.5 Å². The highest BCUT2D eigenvalue weighted by Crippen LogP contribution is 2.04. The van der Waals surface area contributed by atoms with Crippen LogP contribution in [0.25, 0.3) is 6.08 Å². The third-order valence-corrected chi connectivity index (χ3v) is 1.69. The molecule has 74 valence electrons. The average molecular weight is 194 g/mol. The molecule has 0 saturated carbocycles. The van der Waals surface area contributed by atoms with Gasteiger partial charge in [0.25, 0.3) is 0 Å². The fourth-order valence-corrected chi connectivity index (χ4v) is 0.957. The molecule has 0 amide bonds. The zero-order valence-corrected chi connectivity index (χ0v) is 7.61. The van der Waals surface area contributed by atoms with Crippen LogP contribution in [-0.2, 0) is 4.79 Å². The minimum Gasteiger partial charge on any atom is -0.396 e. The standard InChI is InChI=1S/C11H11FO2/c12-10-4-1-9(2-5-10)3-6-11(14)7-8-13/h1-6,13H,7-8H2. The van der Waals surface area contributed by atoms with Gasteiger partial charge >= 0.3 is 0 Å². The first-order valence-electron chi connectivity index (χ1n) is 4.29. The summed E-state index contributed by atoms with van der Waals surface area (Å²) in [5, 5.41) is 8.47. The maximum Gasteiger partial charge on any atom is 0.157 e. The van der Waals surface area contributed by atoms with Crippen LogP contribution in [0.4, 0.5) is 4.39 Å². The molecule has 1 aromatic carbocycles. The monoisotopic (exact) mass is 194 g/mol. The van der Waals surface area contributed by atoms with E-state index in [9.17, 15) is 9.18 Å². The first-order chi connectivity index (χ1) is 6.72. The Hall–Kier alpha value is -1.48. The highest BCUT2D eigenvalue weighted by atomic mass is 19.1. The van der Waals surface area contributed by atoms with Gasteiger partial charge in [0.2, 0.25) is 0 Å². The summed E-state index contributed by atoms with van der Waals surface area (Å²) in [5.41, 5.74) is 0.762. The molecule has 0 atom stereocenters. The summed E-state index contributed by atoms with van der Waals surface area (Å²) in [6.45, 7) is -0.146. The second kappa shape index (κ2) is 5.29. The number of aliphatic hydroxyl groups excluding tert-OH is 1. The number of rotatable bonds is 4. The second-order valence-electron chi connectivity index (χ2n) is 2.82. The number of hydrogen-bond acceptors (Lipinski definition) is 2. The second-order valence-corrected chi connectivity index (χ2v) is 2.82. The summed E-state index contributed by atoms with van der Waals surface area (Å²) in [6, 6.07) is 5.82. The highest BCUT2D eigenvalue weighted by molar-refractivity contribution is 5.93. The Morgan fingerprint density at radius 3 is 2.57 bits per heavy atom. The molecule has 0 spiro atoms. The molecular formula is C11H11FO2. The van der Waals surface area contributed by atoms with Crippen molar-refractivity contribution in [3.05, 3.63) is 41.7 Å². The fraction of sp³-hybridized carbons (Fsp3) is 0.182. The van der Waals surface area contributed by atoms with Crippen LogP contribution in [0.2, 0.25) is 0 Å². The van der Waals surface area contributed by atoms with Crippen LogP contribution < -0.4 is 0 Å². The fourth-order valence-electron chi connectivity index (χ4n) is 0.957. The number of carbonyl (C=O) groups is 1. The van der Waals surface area contributed by atoms with Gasteiger partial charge in [-0.05, 0) is 23.8 Å². The van der Waals surface area contributed by atoms with Crippen LogP contribution in [0.1, 0.15) is 12.0 Å². The number of ketones is 1. The van der Waals surface area contributed by atoms with E-state index in [-0.39, 0.29) is 24.6 Å². The van der Waals surface area contributed by atoms with Crippen LogP contribution >= 0.6 is 0 Å². The van der Waals surface area contributed by atoms with Crippen molar-refractivity contribution in [2.75, 3.05) is 6.61 Å². The molecule has 0 saturated heterocycles. The Morgan fingerprint density at radius 2 is 2.00 bits per heavy atom. The van der Waals surface area contributed by atoms with E-state index < -0.39 is 0 Å². The quantitative estimate of drug-likeness (QED) is 0.742. The van der Waals surface area contributed by atoms with E-state index in [1.165, 1.54) is 18.2 Å². The van der Waals surface area contributed by atoms with Gasteiger partial charge in [-0.25, -0.2) is 4.39 Å². The lowest BCUT2D eigenvalue weighted by Crippen LogP contribution is -1.95. The SMILES string of the molecule is O=C(C=Cc1ccc(F)cc1)CCO. The third-order valence-electron chi connectivity index (χ3n) is 1.69. The van der Waals surface area contributed by atoms with E-state index in [1.54, 1.807) is 18.2 Å². The molecule has 1 rings (SSSR count). The zero-order valence-electron chi connectivity index (χ0n) is 7.61. The molecule has 0 aliphatic heterocycles. The van der Waals surface area contributed by atoms with Crippen molar-refractivity contribution in [1.82, 2.24) is 0 Å². The van der Waals surface area contributed by atoms with Crippen molar-refractivity contribution in [3.8, 4) is 0 Å². The molecule has 0 radical (unpaired) electrons. The molecule has 0 bridgehead atoms. The third kappa shape index (κ3) is 3.49. The molecule has 0 aromatic heterocycles. The van der Waals surface area contributed by atoms with E-state index >= 15 is 0 Å². The van der Waals surface area contributed by atoms with Crippen LogP contribution in [0.3, 0.4) is 0 Å². The molecule has 0 fully saturated rings. The van der Waals surface area contributed by atoms with Gasteiger partial charge in [0.05, 0.1) is 6.61 Å². The molecule has 0 heterocycles. The van der Waals surface area contributed by atoms with Crippen LogP contribution in [0.15, 0.2) is 30.3 Å². The largest absolute Gasteiger partial charge is 0.396 e. The van der Waals surface area contributed by atoms with Crippen molar-refractivity contribution in [2.24, 2.45) is 0 Å². The van der Waals surface area contributed by atoms with Crippen LogP contribution in [0.5, 0.6) is 0 Å². The number of hydrogen-bond donors (Lipinski definition) is 1. The summed E-state index contributed by atoms with van der Waals surface area (Å²) in [7, 11) is 0. The van der Waals surface area contributed by atoms with Gasteiger partial charge < -0.3 is 5.11 Å². The smallest absolute Gasteiger partial charge is 0.157 e. The topological polar surface area (TPSA) is 37.3 Å². The molecule has 0 aliphatic carbocycles. The number of benzene rings is 1. The number of halogens is 1. The summed E-state index contributed by atoms with van der Waals surface area (Å²) in [6.07, 6.45) is 3.10. The summed E-state index contributed by atoms with van der Waals surface area (Å²) < 4.78 is 12.5. The van der Waals surface area contributed by atoms with Gasteiger partial charge in [0.15, 0.2) is 5.78 Å². The van der Waals surface area contributed by atoms with Crippen LogP contribution in [0, 0.1) is 5.82 Å². The van der Waals surface area contributed by atoms with Gasteiger partial charge in [-0.1, -0.05) is 18.2 Å². The van der Waals surface area contributed by atoms with Gasteiger partial charge in [-0.2, -0.15) is 0 Å². The maximum atomic E-state index is 12.5. The first-order valence-corrected chi connectivity index (χ1v) is 4.29. The normalized spacial score (nSPS) is 10.7. The zero-order chi connectivity index (χ0) is 10.4. The lowest BCUT2D eigenvalue weighted by Gasteiger charge is -1.92. The Bertz CT molecular complexity index is 328. The Labute approximate surface area is 81.7 Å². The number of carbonyl (C=O) groups excluding carboxylic acids is 1. The minimum absolute atomic E-state index is 0.123. The number of allylic oxidation sites excluding steroid dienone is 1. The van der Waals surface area contributed by atoms with Crippen molar-refractivity contribution in [2.45, 2.75) is 6.42 Å². The van der Waals surface area contributed by atoms with E-state index in [4.69, 9.17) is 5.11 Å². The summed E-state index contributed by atoms with van der Waals surface area (Å²) in [4.78, 5) is 11.0. The van der Waals surface area contributed by atoms with Crippen molar-refractivity contribution in [3.63, 3.8) is 0 Å².